The average Bonchev–Trinajstić information content (AvgIpc) is 3.23. The zero-order valence-electron chi connectivity index (χ0n) is 15.7. The first-order chi connectivity index (χ1) is 12.8. The van der Waals surface area contributed by atoms with E-state index in [4.69, 9.17) is 4.98 Å². The lowest BCUT2D eigenvalue weighted by atomic mass is 10.1. The van der Waals surface area contributed by atoms with Crippen LogP contribution in [0.4, 0.5) is 5.69 Å². The van der Waals surface area contributed by atoms with Gasteiger partial charge in [-0.3, -0.25) is 14.8 Å². The number of thiophene rings is 1. The summed E-state index contributed by atoms with van der Waals surface area (Å²) < 4.78 is 3.37. The molecule has 4 aromatic rings. The van der Waals surface area contributed by atoms with Gasteiger partial charge in [-0.2, -0.15) is 5.10 Å². The predicted molar refractivity (Wildman–Crippen MR) is 102 cm³/mol. The summed E-state index contributed by atoms with van der Waals surface area (Å²) in [6.45, 7) is 9.98. The molecule has 0 amide bonds. The molecule has 0 aliphatic carbocycles. The van der Waals surface area contributed by atoms with E-state index in [2.05, 4.69) is 29.0 Å². The van der Waals surface area contributed by atoms with Crippen LogP contribution in [0.3, 0.4) is 0 Å². The minimum atomic E-state index is -0.383. The molecule has 140 valence electrons. The highest BCUT2D eigenvalue weighted by Crippen LogP contribution is 2.31. The lowest BCUT2D eigenvalue weighted by Crippen LogP contribution is -2.11. The molecule has 4 heterocycles. The Morgan fingerprint density at radius 3 is 2.67 bits per heavy atom. The smallest absolute Gasteiger partial charge is 0.262 e. The van der Waals surface area contributed by atoms with Crippen LogP contribution in [0.1, 0.15) is 40.5 Å². The number of hydrogen-bond donors (Lipinski definition) is 0. The summed E-state index contributed by atoms with van der Waals surface area (Å²) in [5.41, 5.74) is 3.00. The van der Waals surface area contributed by atoms with Crippen LogP contribution in [-0.2, 0) is 6.54 Å². The molecule has 0 radical (unpaired) electrons. The van der Waals surface area contributed by atoms with Crippen LogP contribution in [0.2, 0.25) is 0 Å². The van der Waals surface area contributed by atoms with Gasteiger partial charge in [0, 0.05) is 10.8 Å². The second-order valence-corrected chi connectivity index (χ2v) is 8.01. The van der Waals surface area contributed by atoms with Crippen molar-refractivity contribution in [2.24, 2.45) is 0 Å². The maximum Gasteiger partial charge on any atom is 0.312 e. The van der Waals surface area contributed by atoms with Crippen molar-refractivity contribution in [3.8, 4) is 0 Å². The molecule has 0 aliphatic rings. The average molecular weight is 385 g/mol. The molecule has 1 unspecified atom stereocenters. The van der Waals surface area contributed by atoms with Crippen LogP contribution in [0.15, 0.2) is 6.33 Å². The fourth-order valence-corrected chi connectivity index (χ4v) is 4.33. The van der Waals surface area contributed by atoms with Crippen molar-refractivity contribution in [1.29, 1.82) is 0 Å². The van der Waals surface area contributed by atoms with Crippen molar-refractivity contribution < 1.29 is 4.92 Å². The Labute approximate surface area is 158 Å². The van der Waals surface area contributed by atoms with E-state index in [1.54, 1.807) is 40.7 Å². The van der Waals surface area contributed by atoms with Gasteiger partial charge in [-0.25, -0.2) is 14.5 Å². The van der Waals surface area contributed by atoms with E-state index >= 15 is 0 Å². The van der Waals surface area contributed by atoms with Gasteiger partial charge in [0.05, 0.1) is 16.9 Å². The molecule has 0 aliphatic heterocycles. The van der Waals surface area contributed by atoms with Crippen molar-refractivity contribution in [2.45, 2.75) is 47.1 Å². The van der Waals surface area contributed by atoms with Gasteiger partial charge in [-0.1, -0.05) is 6.92 Å². The molecular formula is C17H19N7O2S. The van der Waals surface area contributed by atoms with Gasteiger partial charge in [0.1, 0.15) is 22.5 Å². The minimum Gasteiger partial charge on any atom is -0.262 e. The summed E-state index contributed by atoms with van der Waals surface area (Å²) in [6.07, 6.45) is 1.68. The van der Waals surface area contributed by atoms with Crippen LogP contribution < -0.4 is 0 Å². The molecule has 0 saturated carbocycles. The van der Waals surface area contributed by atoms with E-state index in [1.807, 2.05) is 6.92 Å². The molecule has 1 atom stereocenters. The minimum absolute atomic E-state index is 0.0578. The second-order valence-electron chi connectivity index (χ2n) is 6.81. The number of rotatable bonds is 4. The van der Waals surface area contributed by atoms with Gasteiger partial charge < -0.3 is 0 Å². The highest BCUT2D eigenvalue weighted by atomic mass is 32.1. The molecule has 0 N–H and O–H groups in total. The van der Waals surface area contributed by atoms with Gasteiger partial charge in [0.15, 0.2) is 11.5 Å². The summed E-state index contributed by atoms with van der Waals surface area (Å²) in [4.78, 5) is 22.2. The van der Waals surface area contributed by atoms with Crippen LogP contribution in [0.25, 0.3) is 15.9 Å². The van der Waals surface area contributed by atoms with Crippen molar-refractivity contribution in [2.75, 3.05) is 0 Å². The summed E-state index contributed by atoms with van der Waals surface area (Å²) in [5.74, 6) is 0.611. The van der Waals surface area contributed by atoms with Gasteiger partial charge in [0.2, 0.25) is 0 Å². The van der Waals surface area contributed by atoms with Crippen LogP contribution >= 0.6 is 11.3 Å². The molecule has 4 rings (SSSR count). The normalized spacial score (nSPS) is 12.9. The molecular weight excluding hydrogens is 366 g/mol. The molecule has 0 bridgehead atoms. The van der Waals surface area contributed by atoms with Gasteiger partial charge >= 0.3 is 5.69 Å². The molecule has 0 spiro atoms. The van der Waals surface area contributed by atoms with E-state index in [9.17, 15) is 10.1 Å². The van der Waals surface area contributed by atoms with Gasteiger partial charge in [-0.15, -0.1) is 16.4 Å². The second kappa shape index (κ2) is 6.08. The topological polar surface area (TPSA) is 104 Å². The maximum atomic E-state index is 11.2. The van der Waals surface area contributed by atoms with Crippen LogP contribution in [0, 0.1) is 37.8 Å². The third-order valence-electron chi connectivity index (χ3n) is 4.94. The Kier molecular flexibility index (Phi) is 3.95. The number of aryl methyl sites for hydroxylation is 3. The third-order valence-corrected chi connectivity index (χ3v) is 6.05. The monoisotopic (exact) mass is 385 g/mol. The molecule has 4 aromatic heterocycles. The van der Waals surface area contributed by atoms with Crippen LogP contribution in [-0.4, -0.2) is 34.3 Å². The number of nitrogens with zero attached hydrogens (tertiary/aromatic N) is 7. The highest BCUT2D eigenvalue weighted by molar-refractivity contribution is 7.18. The summed E-state index contributed by atoms with van der Waals surface area (Å²) in [5, 5.41) is 21.1. The van der Waals surface area contributed by atoms with E-state index in [-0.39, 0.29) is 16.5 Å². The Bertz CT molecular complexity index is 1200. The lowest BCUT2D eigenvalue weighted by molar-refractivity contribution is -0.386. The maximum absolute atomic E-state index is 11.2. The molecule has 9 nitrogen and oxygen atoms in total. The first-order valence-corrected chi connectivity index (χ1v) is 9.39. The first-order valence-electron chi connectivity index (χ1n) is 8.57. The predicted octanol–water partition coefficient (Wildman–Crippen LogP) is 3.48. The van der Waals surface area contributed by atoms with Crippen LogP contribution in [0.5, 0.6) is 0 Å². The summed E-state index contributed by atoms with van der Waals surface area (Å²) in [6, 6.07) is 0. The molecule has 27 heavy (non-hydrogen) atoms. The van der Waals surface area contributed by atoms with Crippen molar-refractivity contribution in [3.05, 3.63) is 44.1 Å². The fourth-order valence-electron chi connectivity index (χ4n) is 3.34. The quantitative estimate of drug-likeness (QED) is 0.393. The molecule has 0 fully saturated rings. The molecule has 0 aromatic carbocycles. The Hall–Kier alpha value is -2.88. The number of aromatic nitrogens is 6. The summed E-state index contributed by atoms with van der Waals surface area (Å²) in [7, 11) is 0. The fraction of sp³-hybridized carbons (Fsp3) is 0.412. The van der Waals surface area contributed by atoms with E-state index in [0.717, 1.165) is 15.9 Å². The van der Waals surface area contributed by atoms with Gasteiger partial charge in [0.25, 0.3) is 0 Å². The molecule has 10 heteroatoms. The lowest BCUT2D eigenvalue weighted by Gasteiger charge is -2.08. The zero-order chi connectivity index (χ0) is 19.5. The Morgan fingerprint density at radius 2 is 2.00 bits per heavy atom. The SMILES string of the molecule is Cc1nn(CC(C)c2nc3c4c(C)c(C)sc4ncn3n2)c(C)c1[N+](=O)[O-]. The van der Waals surface area contributed by atoms with E-state index < -0.39 is 0 Å². The Balaban J connectivity index is 1.73. The van der Waals surface area contributed by atoms with E-state index in [0.29, 0.717) is 23.8 Å². The third kappa shape index (κ3) is 2.67. The van der Waals surface area contributed by atoms with Crippen molar-refractivity contribution in [3.63, 3.8) is 0 Å². The van der Waals surface area contributed by atoms with E-state index in [1.165, 1.54) is 10.4 Å². The highest BCUT2D eigenvalue weighted by Gasteiger charge is 2.24. The standard InChI is InChI=1S/C17H19N7O2S/c1-8(6-22-11(4)14(24(25)26)10(3)20-22)15-19-16-13-9(2)12(5)27-17(13)18-7-23(16)21-15/h7-8H,6H2,1-5H3. The Morgan fingerprint density at radius 1 is 1.26 bits per heavy atom. The first kappa shape index (κ1) is 17.5. The van der Waals surface area contributed by atoms with Crippen molar-refractivity contribution >= 4 is 32.9 Å². The van der Waals surface area contributed by atoms with Crippen molar-refractivity contribution in [1.82, 2.24) is 29.4 Å². The number of hydrogen-bond acceptors (Lipinski definition) is 7. The summed E-state index contributed by atoms with van der Waals surface area (Å²) >= 11 is 1.65. The largest absolute Gasteiger partial charge is 0.312 e. The zero-order valence-corrected chi connectivity index (χ0v) is 16.5. The number of nitro groups is 1. The molecule has 0 saturated heterocycles. The van der Waals surface area contributed by atoms with Gasteiger partial charge in [-0.05, 0) is 33.3 Å². The number of fused-ring (bicyclic) bond motifs is 3.